The number of furan rings is 1. The second-order valence-corrected chi connectivity index (χ2v) is 4.07. The summed E-state index contributed by atoms with van der Waals surface area (Å²) in [5.74, 6) is 0.0884. The van der Waals surface area contributed by atoms with Crippen molar-refractivity contribution in [3.63, 3.8) is 0 Å². The SMILES string of the molecule is O=Cc1ccc(C(=O)c2ccc(Br)cc2)o1. The molecule has 0 bridgehead atoms. The van der Waals surface area contributed by atoms with Gasteiger partial charge in [-0.15, -0.1) is 0 Å². The van der Waals surface area contributed by atoms with Gasteiger partial charge in [0.25, 0.3) is 0 Å². The van der Waals surface area contributed by atoms with Gasteiger partial charge in [0, 0.05) is 10.0 Å². The molecule has 0 saturated heterocycles. The number of ketones is 1. The second-order valence-electron chi connectivity index (χ2n) is 3.16. The largest absolute Gasteiger partial charge is 0.450 e. The van der Waals surface area contributed by atoms with Crippen LogP contribution in [0.2, 0.25) is 0 Å². The van der Waals surface area contributed by atoms with Crippen LogP contribution in [0, 0.1) is 0 Å². The molecule has 2 rings (SSSR count). The first-order valence-electron chi connectivity index (χ1n) is 4.56. The minimum Gasteiger partial charge on any atom is -0.450 e. The standard InChI is InChI=1S/C12H7BrO3/c13-9-3-1-8(2-4-9)12(15)11-6-5-10(7-14)16-11/h1-7H. The molecule has 1 aromatic carbocycles. The van der Waals surface area contributed by atoms with Gasteiger partial charge < -0.3 is 4.42 Å². The zero-order valence-electron chi connectivity index (χ0n) is 8.14. The fourth-order valence-corrected chi connectivity index (χ4v) is 1.55. The topological polar surface area (TPSA) is 47.3 Å². The van der Waals surface area contributed by atoms with Crippen molar-refractivity contribution in [2.24, 2.45) is 0 Å². The fraction of sp³-hybridized carbons (Fsp3) is 0. The molecule has 2 aromatic rings. The first kappa shape index (κ1) is 10.8. The van der Waals surface area contributed by atoms with Gasteiger partial charge in [0.1, 0.15) is 0 Å². The third-order valence-corrected chi connectivity index (χ3v) is 2.60. The summed E-state index contributed by atoms with van der Waals surface area (Å²) >= 11 is 3.29. The monoisotopic (exact) mass is 278 g/mol. The van der Waals surface area contributed by atoms with Gasteiger partial charge in [-0.1, -0.05) is 15.9 Å². The van der Waals surface area contributed by atoms with Crippen molar-refractivity contribution < 1.29 is 14.0 Å². The number of hydrogen-bond acceptors (Lipinski definition) is 3. The van der Waals surface area contributed by atoms with Crippen molar-refractivity contribution in [1.82, 2.24) is 0 Å². The van der Waals surface area contributed by atoms with Crippen LogP contribution in [0.5, 0.6) is 0 Å². The summed E-state index contributed by atoms with van der Waals surface area (Å²) in [6.07, 6.45) is 0.568. The van der Waals surface area contributed by atoms with Crippen LogP contribution < -0.4 is 0 Å². The van der Waals surface area contributed by atoms with Crippen LogP contribution in [0.1, 0.15) is 26.7 Å². The lowest BCUT2D eigenvalue weighted by atomic mass is 10.1. The number of hydrogen-bond donors (Lipinski definition) is 0. The molecule has 0 saturated carbocycles. The molecule has 1 heterocycles. The molecule has 0 aliphatic rings. The van der Waals surface area contributed by atoms with Crippen LogP contribution in [0.15, 0.2) is 45.3 Å². The summed E-state index contributed by atoms with van der Waals surface area (Å²) in [5.41, 5.74) is 0.523. The van der Waals surface area contributed by atoms with Crippen molar-refractivity contribution in [2.75, 3.05) is 0 Å². The highest BCUT2D eigenvalue weighted by Gasteiger charge is 2.13. The zero-order chi connectivity index (χ0) is 11.5. The lowest BCUT2D eigenvalue weighted by Crippen LogP contribution is -1.98. The van der Waals surface area contributed by atoms with Crippen molar-refractivity contribution in [3.8, 4) is 0 Å². The molecule has 0 N–H and O–H groups in total. The van der Waals surface area contributed by atoms with Gasteiger partial charge in [0.05, 0.1) is 0 Å². The minimum absolute atomic E-state index is 0.153. The molecule has 0 spiro atoms. The molecule has 0 aliphatic carbocycles. The Bertz CT molecular complexity index is 525. The van der Waals surface area contributed by atoms with Crippen molar-refractivity contribution in [3.05, 3.63) is 58.0 Å². The van der Waals surface area contributed by atoms with E-state index in [1.807, 2.05) is 0 Å². The maximum atomic E-state index is 11.9. The average Bonchev–Trinajstić information content (AvgIpc) is 2.77. The molecule has 0 amide bonds. The lowest BCUT2D eigenvalue weighted by molar-refractivity contribution is 0.100. The van der Waals surface area contributed by atoms with Gasteiger partial charge in [-0.2, -0.15) is 0 Å². The van der Waals surface area contributed by atoms with E-state index in [0.29, 0.717) is 11.8 Å². The van der Waals surface area contributed by atoms with E-state index in [9.17, 15) is 9.59 Å². The quantitative estimate of drug-likeness (QED) is 0.640. The van der Waals surface area contributed by atoms with E-state index in [1.54, 1.807) is 24.3 Å². The molecule has 3 nitrogen and oxygen atoms in total. The van der Waals surface area contributed by atoms with E-state index in [-0.39, 0.29) is 17.3 Å². The van der Waals surface area contributed by atoms with Crippen LogP contribution in [-0.4, -0.2) is 12.1 Å². The van der Waals surface area contributed by atoms with Crippen LogP contribution in [0.4, 0.5) is 0 Å². The number of rotatable bonds is 3. The fourth-order valence-electron chi connectivity index (χ4n) is 1.28. The highest BCUT2D eigenvalue weighted by molar-refractivity contribution is 9.10. The summed E-state index contributed by atoms with van der Waals surface area (Å²) < 4.78 is 5.95. The number of carbonyl (C=O) groups excluding carboxylic acids is 2. The van der Waals surface area contributed by atoms with Gasteiger partial charge in [-0.25, -0.2) is 0 Å². The average molecular weight is 279 g/mol. The molecule has 4 heteroatoms. The Balaban J connectivity index is 2.31. The smallest absolute Gasteiger partial charge is 0.228 e. The zero-order valence-corrected chi connectivity index (χ0v) is 9.73. The molecule has 0 aliphatic heterocycles. The molecule has 1 aromatic heterocycles. The predicted octanol–water partition coefficient (Wildman–Crippen LogP) is 3.09. The van der Waals surface area contributed by atoms with Crippen molar-refractivity contribution in [1.29, 1.82) is 0 Å². The molecule has 0 radical (unpaired) electrons. The Labute approximate surface area is 100 Å². The van der Waals surface area contributed by atoms with E-state index in [1.165, 1.54) is 12.1 Å². The van der Waals surface area contributed by atoms with E-state index < -0.39 is 0 Å². The van der Waals surface area contributed by atoms with E-state index in [2.05, 4.69) is 15.9 Å². The first-order chi connectivity index (χ1) is 7.70. The maximum absolute atomic E-state index is 11.9. The number of benzene rings is 1. The van der Waals surface area contributed by atoms with Crippen LogP contribution >= 0.6 is 15.9 Å². The highest BCUT2D eigenvalue weighted by Crippen LogP contribution is 2.15. The predicted molar refractivity (Wildman–Crippen MR) is 61.7 cm³/mol. The molecule has 0 unspecified atom stereocenters. The Morgan fingerprint density at radius 3 is 2.38 bits per heavy atom. The van der Waals surface area contributed by atoms with E-state index in [0.717, 1.165) is 4.47 Å². The minimum atomic E-state index is -0.236. The molecule has 0 atom stereocenters. The van der Waals surface area contributed by atoms with Crippen molar-refractivity contribution in [2.45, 2.75) is 0 Å². The number of aldehydes is 1. The summed E-state index contributed by atoms with van der Waals surface area (Å²) in [6, 6.07) is 9.89. The van der Waals surface area contributed by atoms with Crippen LogP contribution in [0.3, 0.4) is 0 Å². The van der Waals surface area contributed by atoms with Crippen LogP contribution in [-0.2, 0) is 0 Å². The Kier molecular flexibility index (Phi) is 3.01. The number of halogens is 1. The summed E-state index contributed by atoms with van der Waals surface area (Å²) in [6.45, 7) is 0. The molecular formula is C12H7BrO3. The van der Waals surface area contributed by atoms with Gasteiger partial charge in [0.2, 0.25) is 5.78 Å². The van der Waals surface area contributed by atoms with Crippen LogP contribution in [0.25, 0.3) is 0 Å². The molecular weight excluding hydrogens is 272 g/mol. The third-order valence-electron chi connectivity index (χ3n) is 2.07. The van der Waals surface area contributed by atoms with Gasteiger partial charge in [-0.3, -0.25) is 9.59 Å². The van der Waals surface area contributed by atoms with E-state index in [4.69, 9.17) is 4.42 Å². The summed E-state index contributed by atoms with van der Waals surface area (Å²) in [4.78, 5) is 22.3. The van der Waals surface area contributed by atoms with Gasteiger partial charge in [0.15, 0.2) is 17.8 Å². The number of carbonyl (C=O) groups is 2. The second kappa shape index (κ2) is 4.45. The Hall–Kier alpha value is -1.68. The van der Waals surface area contributed by atoms with Gasteiger partial charge >= 0.3 is 0 Å². The highest BCUT2D eigenvalue weighted by atomic mass is 79.9. The first-order valence-corrected chi connectivity index (χ1v) is 5.35. The Morgan fingerprint density at radius 1 is 1.12 bits per heavy atom. The summed E-state index contributed by atoms with van der Waals surface area (Å²) in [5, 5.41) is 0. The molecule has 16 heavy (non-hydrogen) atoms. The Morgan fingerprint density at radius 2 is 1.81 bits per heavy atom. The molecule has 0 fully saturated rings. The van der Waals surface area contributed by atoms with Crippen molar-refractivity contribution >= 4 is 28.0 Å². The summed E-state index contributed by atoms with van der Waals surface area (Å²) in [7, 11) is 0. The molecule has 80 valence electrons. The maximum Gasteiger partial charge on any atom is 0.228 e. The normalized spacial score (nSPS) is 10.1. The lowest BCUT2D eigenvalue weighted by Gasteiger charge is -1.97. The third kappa shape index (κ3) is 2.12. The van der Waals surface area contributed by atoms with E-state index >= 15 is 0 Å². The van der Waals surface area contributed by atoms with Gasteiger partial charge in [-0.05, 0) is 36.4 Å².